The number of aryl methyl sites for hydroxylation is 2. The van der Waals surface area contributed by atoms with Gasteiger partial charge in [-0.1, -0.05) is 36.4 Å². The highest BCUT2D eigenvalue weighted by Gasteiger charge is 2.27. The zero-order valence-corrected chi connectivity index (χ0v) is 18.2. The normalized spacial score (nSPS) is 16.1. The number of ether oxygens (including phenoxy) is 1. The Bertz CT molecular complexity index is 1410. The van der Waals surface area contributed by atoms with E-state index in [-0.39, 0.29) is 5.56 Å². The molecule has 4 aromatic rings. The molecule has 1 aliphatic heterocycles. The van der Waals surface area contributed by atoms with Gasteiger partial charge < -0.3 is 9.30 Å². The standard InChI is InChI=1S/C26H22N2O2S/c1-30-18-12-10-16(11-13-18)14-21-19-7-3-2-6-17(19)15-28-24(21)27-25(29)23-20-8-4-5-9-22(20)31-26(23)28/h2-3,6-7,10-14H,4-5,8-9,15H2,1H3. The molecule has 0 radical (unpaired) electrons. The highest BCUT2D eigenvalue weighted by molar-refractivity contribution is 7.18. The van der Waals surface area contributed by atoms with Crippen LogP contribution in [0.15, 0.2) is 53.3 Å². The summed E-state index contributed by atoms with van der Waals surface area (Å²) in [6.45, 7) is 0.745. The summed E-state index contributed by atoms with van der Waals surface area (Å²) in [6.07, 6.45) is 6.58. The summed E-state index contributed by atoms with van der Waals surface area (Å²) in [5.74, 6) is 1.59. The van der Waals surface area contributed by atoms with E-state index in [0.717, 1.165) is 64.3 Å². The van der Waals surface area contributed by atoms with E-state index in [2.05, 4.69) is 39.9 Å². The van der Waals surface area contributed by atoms with E-state index in [9.17, 15) is 4.79 Å². The number of rotatable bonds is 2. The van der Waals surface area contributed by atoms with Crippen LogP contribution in [0, 0.1) is 0 Å². The molecule has 5 heteroatoms. The zero-order valence-electron chi connectivity index (χ0n) is 17.4. The van der Waals surface area contributed by atoms with Crippen LogP contribution < -0.4 is 10.3 Å². The van der Waals surface area contributed by atoms with Crippen molar-refractivity contribution in [1.29, 1.82) is 0 Å². The first kappa shape index (κ1) is 18.6. The second-order valence-electron chi connectivity index (χ2n) is 8.21. The monoisotopic (exact) mass is 426 g/mol. The Morgan fingerprint density at radius 2 is 1.87 bits per heavy atom. The first-order chi connectivity index (χ1) is 15.2. The second-order valence-corrected chi connectivity index (χ2v) is 9.29. The Kier molecular flexibility index (Phi) is 4.32. The fraction of sp³-hybridized carbons (Fsp3) is 0.231. The summed E-state index contributed by atoms with van der Waals surface area (Å²) in [5, 5.41) is 0.853. The third-order valence-corrected chi connectivity index (χ3v) is 7.69. The van der Waals surface area contributed by atoms with Crippen molar-refractivity contribution < 1.29 is 4.74 Å². The average molecular weight is 427 g/mol. The molecule has 0 bridgehead atoms. The zero-order chi connectivity index (χ0) is 20.9. The molecule has 2 aromatic heterocycles. The fourth-order valence-corrected chi connectivity index (χ4v) is 6.22. The van der Waals surface area contributed by atoms with Gasteiger partial charge in [-0.3, -0.25) is 4.79 Å². The maximum absolute atomic E-state index is 13.2. The quantitative estimate of drug-likeness (QED) is 0.385. The molecule has 0 saturated carbocycles. The van der Waals surface area contributed by atoms with Gasteiger partial charge in [0.05, 0.1) is 19.0 Å². The summed E-state index contributed by atoms with van der Waals surface area (Å²) >= 11 is 1.80. The van der Waals surface area contributed by atoms with Gasteiger partial charge in [-0.2, -0.15) is 4.98 Å². The lowest BCUT2D eigenvalue weighted by atomic mass is 9.93. The van der Waals surface area contributed by atoms with Crippen LogP contribution in [0.4, 0.5) is 0 Å². The number of thiophene rings is 1. The van der Waals surface area contributed by atoms with Crippen LogP contribution in [-0.2, 0) is 19.4 Å². The number of fused-ring (bicyclic) bond motifs is 6. The molecule has 0 N–H and O–H groups in total. The Labute approximate surface area is 184 Å². The molecule has 3 heterocycles. The number of hydrogen-bond donors (Lipinski definition) is 0. The first-order valence-electron chi connectivity index (χ1n) is 10.7. The summed E-state index contributed by atoms with van der Waals surface area (Å²) in [7, 11) is 1.67. The minimum Gasteiger partial charge on any atom is -0.497 e. The highest BCUT2D eigenvalue weighted by atomic mass is 32.1. The topological polar surface area (TPSA) is 44.1 Å². The molecule has 0 spiro atoms. The molecule has 4 nitrogen and oxygen atoms in total. The number of nitrogens with zero attached hydrogens (tertiary/aromatic N) is 2. The molecule has 0 saturated heterocycles. The molecule has 6 rings (SSSR count). The van der Waals surface area contributed by atoms with Gasteiger partial charge in [0.2, 0.25) is 0 Å². The lowest BCUT2D eigenvalue weighted by Crippen LogP contribution is -2.23. The summed E-state index contributed by atoms with van der Waals surface area (Å²) < 4.78 is 7.56. The van der Waals surface area contributed by atoms with Crippen molar-refractivity contribution in [3.63, 3.8) is 0 Å². The molecule has 2 aliphatic rings. The van der Waals surface area contributed by atoms with Gasteiger partial charge in [-0.25, -0.2) is 0 Å². The van der Waals surface area contributed by atoms with Crippen LogP contribution >= 0.6 is 11.3 Å². The maximum Gasteiger partial charge on any atom is 0.282 e. The van der Waals surface area contributed by atoms with E-state index in [0.29, 0.717) is 0 Å². The van der Waals surface area contributed by atoms with Crippen molar-refractivity contribution in [2.24, 2.45) is 0 Å². The molecule has 0 unspecified atom stereocenters. The van der Waals surface area contributed by atoms with Gasteiger partial charge >= 0.3 is 0 Å². The van der Waals surface area contributed by atoms with Crippen LogP contribution in [0.25, 0.3) is 21.9 Å². The summed E-state index contributed by atoms with van der Waals surface area (Å²) in [5.41, 5.74) is 5.62. The third-order valence-electron chi connectivity index (χ3n) is 6.38. The molecular weight excluding hydrogens is 404 g/mol. The molecule has 2 aromatic carbocycles. The van der Waals surface area contributed by atoms with Crippen molar-refractivity contribution >= 4 is 33.2 Å². The van der Waals surface area contributed by atoms with Crippen LogP contribution in [0.1, 0.15) is 45.8 Å². The molecule has 154 valence electrons. The lowest BCUT2D eigenvalue weighted by Gasteiger charge is -2.24. The summed E-state index contributed by atoms with van der Waals surface area (Å²) in [6, 6.07) is 16.4. The molecule has 0 fully saturated rings. The number of methoxy groups -OCH3 is 1. The fourth-order valence-electron chi connectivity index (χ4n) is 4.84. The lowest BCUT2D eigenvalue weighted by molar-refractivity contribution is 0.415. The van der Waals surface area contributed by atoms with E-state index in [1.165, 1.54) is 22.4 Å². The molecule has 1 aliphatic carbocycles. The number of aromatic nitrogens is 2. The minimum absolute atomic E-state index is 0.0827. The van der Waals surface area contributed by atoms with Crippen LogP contribution in [0.3, 0.4) is 0 Å². The van der Waals surface area contributed by atoms with Crippen molar-refractivity contribution in [3.05, 3.63) is 91.8 Å². The van der Waals surface area contributed by atoms with Gasteiger partial charge in [-0.15, -0.1) is 11.3 Å². The molecular formula is C26H22N2O2S. The van der Waals surface area contributed by atoms with Gasteiger partial charge in [0.15, 0.2) is 0 Å². The van der Waals surface area contributed by atoms with Crippen molar-refractivity contribution in [2.45, 2.75) is 32.2 Å². The Morgan fingerprint density at radius 1 is 1.06 bits per heavy atom. The molecule has 0 atom stereocenters. The number of benzene rings is 2. The first-order valence-corrected chi connectivity index (χ1v) is 11.5. The van der Waals surface area contributed by atoms with Crippen LogP contribution in [0.2, 0.25) is 0 Å². The van der Waals surface area contributed by atoms with Crippen molar-refractivity contribution in [3.8, 4) is 5.75 Å². The van der Waals surface area contributed by atoms with Crippen molar-refractivity contribution in [2.75, 3.05) is 7.11 Å². The minimum atomic E-state index is -0.0827. The SMILES string of the molecule is COc1ccc(C=C2c3ccccc3Cn3c2nc(=O)c2c4c(sc23)CCCC4)cc1. The maximum atomic E-state index is 13.2. The van der Waals surface area contributed by atoms with E-state index >= 15 is 0 Å². The molecule has 31 heavy (non-hydrogen) atoms. The van der Waals surface area contributed by atoms with E-state index in [4.69, 9.17) is 4.74 Å². The van der Waals surface area contributed by atoms with E-state index in [1.54, 1.807) is 18.4 Å². The highest BCUT2D eigenvalue weighted by Crippen LogP contribution is 2.39. The van der Waals surface area contributed by atoms with E-state index < -0.39 is 0 Å². The van der Waals surface area contributed by atoms with Gasteiger partial charge in [0.25, 0.3) is 5.56 Å². The summed E-state index contributed by atoms with van der Waals surface area (Å²) in [4.78, 5) is 20.3. The predicted octanol–water partition coefficient (Wildman–Crippen LogP) is 5.30. The van der Waals surface area contributed by atoms with Crippen molar-refractivity contribution in [1.82, 2.24) is 9.55 Å². The third kappa shape index (κ3) is 2.95. The number of hydrogen-bond acceptors (Lipinski definition) is 4. The smallest absolute Gasteiger partial charge is 0.282 e. The largest absolute Gasteiger partial charge is 0.497 e. The Balaban J connectivity index is 1.62. The van der Waals surface area contributed by atoms with Gasteiger partial charge in [-0.05, 0) is 66.1 Å². The van der Waals surface area contributed by atoms with Crippen LogP contribution in [0.5, 0.6) is 5.75 Å². The van der Waals surface area contributed by atoms with Gasteiger partial charge in [0.1, 0.15) is 16.4 Å². The van der Waals surface area contributed by atoms with Gasteiger partial charge in [0, 0.05) is 10.5 Å². The Hall–Kier alpha value is -3.18. The Morgan fingerprint density at radius 3 is 2.71 bits per heavy atom. The molecule has 0 amide bonds. The average Bonchev–Trinajstić information content (AvgIpc) is 3.21. The van der Waals surface area contributed by atoms with Crippen LogP contribution in [-0.4, -0.2) is 16.7 Å². The predicted molar refractivity (Wildman–Crippen MR) is 126 cm³/mol. The van der Waals surface area contributed by atoms with E-state index in [1.807, 2.05) is 24.3 Å². The second kappa shape index (κ2) is 7.20.